The molecule has 3 aliphatic rings. The van der Waals surface area contributed by atoms with Gasteiger partial charge in [-0.05, 0) is 50.6 Å². The Labute approximate surface area is 175 Å². The molecule has 1 aromatic heterocycles. The first-order valence-corrected chi connectivity index (χ1v) is 10.5. The van der Waals surface area contributed by atoms with Gasteiger partial charge >= 0.3 is 5.97 Å². The molecule has 158 valence electrons. The number of esters is 1. The zero-order chi connectivity index (χ0) is 20.9. The number of benzene rings is 1. The van der Waals surface area contributed by atoms with Crippen LogP contribution in [0.4, 0.5) is 0 Å². The summed E-state index contributed by atoms with van der Waals surface area (Å²) >= 11 is 0. The SMILES string of the molecule is CN1CC(O)CC2(CCN(Cc3ccc(-c4ccc5c(c4)C(=O)OC5)o3)CC2)C1=O. The van der Waals surface area contributed by atoms with Gasteiger partial charge in [-0.2, -0.15) is 0 Å². The van der Waals surface area contributed by atoms with E-state index in [1.807, 2.05) is 30.3 Å². The molecule has 1 amide bonds. The van der Waals surface area contributed by atoms with Crippen molar-refractivity contribution in [3.63, 3.8) is 0 Å². The summed E-state index contributed by atoms with van der Waals surface area (Å²) in [7, 11) is 1.78. The van der Waals surface area contributed by atoms with Crippen LogP contribution in [0.3, 0.4) is 0 Å². The van der Waals surface area contributed by atoms with Gasteiger partial charge in [0.2, 0.25) is 5.91 Å². The number of hydrogen-bond acceptors (Lipinski definition) is 6. The molecule has 1 aromatic carbocycles. The van der Waals surface area contributed by atoms with Gasteiger partial charge < -0.3 is 19.2 Å². The van der Waals surface area contributed by atoms with E-state index in [0.29, 0.717) is 31.7 Å². The van der Waals surface area contributed by atoms with E-state index in [1.54, 1.807) is 11.9 Å². The van der Waals surface area contributed by atoms with Crippen LogP contribution in [-0.4, -0.2) is 59.6 Å². The Bertz CT molecular complexity index is 989. The fraction of sp³-hybridized carbons (Fsp3) is 0.478. The van der Waals surface area contributed by atoms with Crippen LogP contribution in [0, 0.1) is 5.41 Å². The van der Waals surface area contributed by atoms with E-state index in [4.69, 9.17) is 9.15 Å². The third-order valence-electron chi connectivity index (χ3n) is 6.74. The second-order valence-corrected chi connectivity index (χ2v) is 8.81. The van der Waals surface area contributed by atoms with E-state index < -0.39 is 11.5 Å². The van der Waals surface area contributed by atoms with E-state index in [-0.39, 0.29) is 11.9 Å². The quantitative estimate of drug-likeness (QED) is 0.783. The number of nitrogens with zero attached hydrogens (tertiary/aromatic N) is 2. The molecular formula is C23H26N2O5. The lowest BCUT2D eigenvalue weighted by atomic mass is 9.71. The van der Waals surface area contributed by atoms with Crippen molar-refractivity contribution >= 4 is 11.9 Å². The van der Waals surface area contributed by atoms with Gasteiger partial charge in [0, 0.05) is 24.7 Å². The fourth-order valence-electron chi connectivity index (χ4n) is 5.07. The molecule has 0 aliphatic carbocycles. The first-order chi connectivity index (χ1) is 14.4. The molecule has 0 saturated carbocycles. The number of aliphatic hydroxyl groups is 1. The number of hydrogen-bond donors (Lipinski definition) is 1. The van der Waals surface area contributed by atoms with Crippen molar-refractivity contribution in [2.75, 3.05) is 26.7 Å². The molecule has 0 bridgehead atoms. The van der Waals surface area contributed by atoms with Crippen LogP contribution in [0.25, 0.3) is 11.3 Å². The third kappa shape index (κ3) is 3.32. The molecule has 30 heavy (non-hydrogen) atoms. The number of aliphatic hydroxyl groups excluding tert-OH is 1. The van der Waals surface area contributed by atoms with Crippen LogP contribution in [0.5, 0.6) is 0 Å². The second-order valence-electron chi connectivity index (χ2n) is 8.81. The lowest BCUT2D eigenvalue weighted by Gasteiger charge is -2.46. The van der Waals surface area contributed by atoms with E-state index in [0.717, 1.165) is 48.6 Å². The van der Waals surface area contributed by atoms with Crippen LogP contribution in [0.15, 0.2) is 34.7 Å². The van der Waals surface area contributed by atoms with Gasteiger partial charge in [-0.3, -0.25) is 9.69 Å². The minimum absolute atomic E-state index is 0.169. The number of cyclic esters (lactones) is 1. The number of piperidine rings is 2. The van der Waals surface area contributed by atoms with Gasteiger partial charge in [-0.25, -0.2) is 4.79 Å². The second kappa shape index (κ2) is 7.25. The highest BCUT2D eigenvalue weighted by atomic mass is 16.5. The van der Waals surface area contributed by atoms with E-state index in [2.05, 4.69) is 4.90 Å². The van der Waals surface area contributed by atoms with Crippen LogP contribution < -0.4 is 0 Å². The third-order valence-corrected chi connectivity index (χ3v) is 6.74. The first-order valence-electron chi connectivity index (χ1n) is 10.5. The van der Waals surface area contributed by atoms with Crippen LogP contribution in [-0.2, 0) is 22.7 Å². The summed E-state index contributed by atoms with van der Waals surface area (Å²) in [5.41, 5.74) is 1.96. The predicted octanol–water partition coefficient (Wildman–Crippen LogP) is 2.42. The van der Waals surface area contributed by atoms with Gasteiger partial charge in [-0.1, -0.05) is 12.1 Å². The number of carbonyl (C=O) groups excluding carboxylic acids is 2. The van der Waals surface area contributed by atoms with E-state index >= 15 is 0 Å². The van der Waals surface area contributed by atoms with Gasteiger partial charge in [0.05, 0.1) is 23.6 Å². The average molecular weight is 410 g/mol. The lowest BCUT2D eigenvalue weighted by molar-refractivity contribution is -0.154. The Morgan fingerprint density at radius 1 is 1.17 bits per heavy atom. The van der Waals surface area contributed by atoms with Gasteiger partial charge in [0.15, 0.2) is 0 Å². The summed E-state index contributed by atoms with van der Waals surface area (Å²) in [6.07, 6.45) is 1.65. The van der Waals surface area contributed by atoms with Crippen LogP contribution in [0.2, 0.25) is 0 Å². The molecule has 7 nitrogen and oxygen atoms in total. The number of rotatable bonds is 3. The van der Waals surface area contributed by atoms with Crippen molar-refractivity contribution in [2.45, 2.75) is 38.5 Å². The average Bonchev–Trinajstić information content (AvgIpc) is 3.34. The molecule has 5 rings (SSSR count). The molecule has 3 aliphatic heterocycles. The number of ether oxygens (including phenoxy) is 1. The molecular weight excluding hydrogens is 384 g/mol. The Hall–Kier alpha value is -2.64. The number of β-amino-alcohol motifs (C(OH)–C–C–N with tert-alkyl or cyclic N) is 1. The highest BCUT2D eigenvalue weighted by Crippen LogP contribution is 2.41. The topological polar surface area (TPSA) is 83.2 Å². The lowest BCUT2D eigenvalue weighted by Crippen LogP contribution is -2.56. The normalized spacial score (nSPS) is 23.7. The van der Waals surface area contributed by atoms with E-state index in [9.17, 15) is 14.7 Å². The molecule has 0 radical (unpaired) electrons. The summed E-state index contributed by atoms with van der Waals surface area (Å²) in [5, 5.41) is 10.2. The van der Waals surface area contributed by atoms with Crippen LogP contribution >= 0.6 is 0 Å². The smallest absolute Gasteiger partial charge is 0.338 e. The van der Waals surface area contributed by atoms with Crippen molar-refractivity contribution in [3.8, 4) is 11.3 Å². The molecule has 4 heterocycles. The molecule has 1 unspecified atom stereocenters. The van der Waals surface area contributed by atoms with Gasteiger partial charge in [0.1, 0.15) is 18.1 Å². The Kier molecular flexibility index (Phi) is 4.67. The summed E-state index contributed by atoms with van der Waals surface area (Å²) in [6.45, 7) is 3.04. The maximum absolute atomic E-state index is 12.7. The molecule has 7 heteroatoms. The number of carbonyl (C=O) groups is 2. The summed E-state index contributed by atoms with van der Waals surface area (Å²) < 4.78 is 11.1. The number of amides is 1. The van der Waals surface area contributed by atoms with Crippen molar-refractivity contribution in [1.29, 1.82) is 0 Å². The number of likely N-dealkylation sites (tertiary alicyclic amines) is 2. The van der Waals surface area contributed by atoms with Crippen molar-refractivity contribution < 1.29 is 23.8 Å². The molecule has 2 fully saturated rings. The minimum Gasteiger partial charge on any atom is -0.460 e. The van der Waals surface area contributed by atoms with Crippen molar-refractivity contribution in [2.24, 2.45) is 5.41 Å². The zero-order valence-corrected chi connectivity index (χ0v) is 17.1. The molecule has 2 saturated heterocycles. The zero-order valence-electron chi connectivity index (χ0n) is 17.1. The summed E-state index contributed by atoms with van der Waals surface area (Å²) in [4.78, 5) is 28.5. The molecule has 1 N–H and O–H groups in total. The summed E-state index contributed by atoms with van der Waals surface area (Å²) in [5.74, 6) is 1.47. The summed E-state index contributed by atoms with van der Waals surface area (Å²) in [6, 6.07) is 9.58. The van der Waals surface area contributed by atoms with Crippen molar-refractivity contribution in [3.05, 3.63) is 47.2 Å². The van der Waals surface area contributed by atoms with Crippen LogP contribution in [0.1, 0.15) is 40.9 Å². The minimum atomic E-state index is -0.434. The number of fused-ring (bicyclic) bond motifs is 1. The fourth-order valence-corrected chi connectivity index (χ4v) is 5.07. The Balaban J connectivity index is 1.24. The highest BCUT2D eigenvalue weighted by Gasteiger charge is 2.47. The molecule has 1 atom stereocenters. The predicted molar refractivity (Wildman–Crippen MR) is 108 cm³/mol. The highest BCUT2D eigenvalue weighted by molar-refractivity contribution is 5.94. The standard InChI is InChI=1S/C23H26N2O5/c1-24-12-17(26)11-23(22(24)28)6-8-25(9-7-23)13-18-4-5-20(30-18)15-2-3-16-14-29-21(27)19(16)10-15/h2-5,10,17,26H,6-9,11-14H2,1H3. The number of likely N-dealkylation sites (N-methyl/N-ethyl adjacent to an activating group) is 1. The Morgan fingerprint density at radius 2 is 1.97 bits per heavy atom. The van der Waals surface area contributed by atoms with Gasteiger partial charge in [-0.15, -0.1) is 0 Å². The monoisotopic (exact) mass is 410 g/mol. The van der Waals surface area contributed by atoms with Gasteiger partial charge in [0.25, 0.3) is 0 Å². The maximum Gasteiger partial charge on any atom is 0.338 e. The van der Waals surface area contributed by atoms with E-state index in [1.165, 1.54) is 0 Å². The molecule has 1 spiro atoms. The maximum atomic E-state index is 12.7. The van der Waals surface area contributed by atoms with Crippen molar-refractivity contribution in [1.82, 2.24) is 9.80 Å². The number of furan rings is 1. The first kappa shape index (κ1) is 19.3. The largest absolute Gasteiger partial charge is 0.460 e. The molecule has 2 aromatic rings. The Morgan fingerprint density at radius 3 is 2.77 bits per heavy atom.